The molecule has 4 heteroatoms. The molecule has 4 nitrogen and oxygen atoms in total. The number of hydrogen-bond donors (Lipinski definition) is 1. The Morgan fingerprint density at radius 1 is 1.82 bits per heavy atom. The second-order valence-electron chi connectivity index (χ2n) is 2.44. The first-order valence-electron chi connectivity index (χ1n) is 3.33. The molecule has 0 radical (unpaired) electrons. The fourth-order valence-electron chi connectivity index (χ4n) is 0.935. The van der Waals surface area contributed by atoms with Crippen molar-refractivity contribution in [2.24, 2.45) is 7.05 Å². The van der Waals surface area contributed by atoms with E-state index in [1.165, 1.54) is 0 Å². The zero-order valence-corrected chi connectivity index (χ0v) is 6.48. The van der Waals surface area contributed by atoms with Gasteiger partial charge >= 0.3 is 5.97 Å². The minimum atomic E-state index is -0.825. The third-order valence-corrected chi connectivity index (χ3v) is 1.67. The number of aliphatic carboxylic acids is 1. The highest BCUT2D eigenvalue weighted by molar-refractivity contribution is 5.74. The Labute approximate surface area is 64.5 Å². The first kappa shape index (κ1) is 7.78. The highest BCUT2D eigenvalue weighted by Crippen LogP contribution is 2.12. The molecule has 0 saturated heterocycles. The third-order valence-electron chi connectivity index (χ3n) is 1.67. The fraction of sp³-hybridized carbons (Fsp3) is 0.429. The summed E-state index contributed by atoms with van der Waals surface area (Å²) in [6.07, 6.45) is 1.59. The molecule has 0 amide bonds. The van der Waals surface area contributed by atoms with Crippen LogP contribution in [0.3, 0.4) is 0 Å². The number of carboxylic acid groups (broad SMARTS) is 1. The standard InChI is InChI=1S/C7H10N2O2/c1-5(7(10)11)6-3-4-8-9(6)2/h3-5H,1-2H3,(H,10,11)/t5-/m1/s1. The molecular weight excluding hydrogens is 144 g/mol. The number of carbonyl (C=O) groups is 1. The number of hydrogen-bond acceptors (Lipinski definition) is 2. The smallest absolute Gasteiger partial charge is 0.312 e. The minimum absolute atomic E-state index is 0.484. The lowest BCUT2D eigenvalue weighted by Gasteiger charge is -2.04. The van der Waals surface area contributed by atoms with Crippen LogP contribution in [0.15, 0.2) is 12.3 Å². The largest absolute Gasteiger partial charge is 0.481 e. The molecule has 0 aromatic carbocycles. The molecule has 11 heavy (non-hydrogen) atoms. The van der Waals surface area contributed by atoms with Crippen LogP contribution < -0.4 is 0 Å². The van der Waals surface area contributed by atoms with Crippen LogP contribution in [0, 0.1) is 0 Å². The summed E-state index contributed by atoms with van der Waals surface area (Å²) in [5, 5.41) is 12.5. The summed E-state index contributed by atoms with van der Waals surface area (Å²) in [4.78, 5) is 10.5. The maximum Gasteiger partial charge on any atom is 0.312 e. The van der Waals surface area contributed by atoms with Gasteiger partial charge in [0.2, 0.25) is 0 Å². The summed E-state index contributed by atoms with van der Waals surface area (Å²) in [7, 11) is 1.73. The van der Waals surface area contributed by atoms with Crippen molar-refractivity contribution < 1.29 is 9.90 Å². The molecule has 1 aromatic heterocycles. The van der Waals surface area contributed by atoms with E-state index in [2.05, 4.69) is 5.10 Å². The number of aromatic nitrogens is 2. The van der Waals surface area contributed by atoms with E-state index in [1.807, 2.05) is 0 Å². The highest BCUT2D eigenvalue weighted by Gasteiger charge is 2.15. The van der Waals surface area contributed by atoms with E-state index in [0.717, 1.165) is 5.69 Å². The van der Waals surface area contributed by atoms with Crippen LogP contribution in [0.2, 0.25) is 0 Å². The Bertz CT molecular complexity index is 267. The summed E-state index contributed by atoms with van der Waals surface area (Å²) in [5.41, 5.74) is 0.720. The number of carboxylic acids is 1. The van der Waals surface area contributed by atoms with Crippen molar-refractivity contribution >= 4 is 5.97 Å². The van der Waals surface area contributed by atoms with Crippen molar-refractivity contribution in [3.63, 3.8) is 0 Å². The summed E-state index contributed by atoms with van der Waals surface area (Å²) in [5.74, 6) is -1.31. The number of rotatable bonds is 2. The van der Waals surface area contributed by atoms with E-state index in [-0.39, 0.29) is 0 Å². The molecule has 0 unspecified atom stereocenters. The molecule has 1 heterocycles. The molecule has 60 valence electrons. The third kappa shape index (κ3) is 1.39. The lowest BCUT2D eigenvalue weighted by atomic mass is 10.1. The van der Waals surface area contributed by atoms with Gasteiger partial charge in [-0.15, -0.1) is 0 Å². The number of aryl methyl sites for hydroxylation is 1. The Morgan fingerprint density at radius 3 is 2.82 bits per heavy atom. The van der Waals surface area contributed by atoms with Gasteiger partial charge in [-0.1, -0.05) is 0 Å². The molecule has 1 atom stereocenters. The van der Waals surface area contributed by atoms with Crippen molar-refractivity contribution in [1.82, 2.24) is 9.78 Å². The minimum Gasteiger partial charge on any atom is -0.481 e. The Kier molecular flexibility index (Phi) is 1.94. The molecule has 0 spiro atoms. The zero-order chi connectivity index (χ0) is 8.43. The van der Waals surface area contributed by atoms with Crippen LogP contribution in [0.5, 0.6) is 0 Å². The van der Waals surface area contributed by atoms with Crippen LogP contribution in [0.1, 0.15) is 18.5 Å². The van der Waals surface area contributed by atoms with E-state index in [0.29, 0.717) is 0 Å². The van der Waals surface area contributed by atoms with Gasteiger partial charge in [0.1, 0.15) is 0 Å². The Hall–Kier alpha value is -1.32. The highest BCUT2D eigenvalue weighted by atomic mass is 16.4. The second kappa shape index (κ2) is 2.74. The van der Waals surface area contributed by atoms with Crippen molar-refractivity contribution in [1.29, 1.82) is 0 Å². The van der Waals surface area contributed by atoms with E-state index in [1.54, 1.807) is 30.9 Å². The van der Waals surface area contributed by atoms with E-state index >= 15 is 0 Å². The summed E-state index contributed by atoms with van der Waals surface area (Å²) in [6, 6.07) is 1.71. The van der Waals surface area contributed by atoms with Gasteiger partial charge in [-0.05, 0) is 13.0 Å². The predicted molar refractivity (Wildman–Crippen MR) is 39.3 cm³/mol. The number of nitrogens with zero attached hydrogens (tertiary/aromatic N) is 2. The molecule has 0 aliphatic rings. The van der Waals surface area contributed by atoms with Crippen molar-refractivity contribution in [3.05, 3.63) is 18.0 Å². The SMILES string of the molecule is C[C@@H](C(=O)O)c1ccnn1C. The van der Waals surface area contributed by atoms with E-state index < -0.39 is 11.9 Å². The molecule has 0 aliphatic heterocycles. The quantitative estimate of drug-likeness (QED) is 0.679. The monoisotopic (exact) mass is 154 g/mol. The van der Waals surface area contributed by atoms with Gasteiger partial charge in [-0.2, -0.15) is 5.10 Å². The summed E-state index contributed by atoms with van der Waals surface area (Å²) < 4.78 is 1.57. The van der Waals surface area contributed by atoms with E-state index in [9.17, 15) is 4.79 Å². The lowest BCUT2D eigenvalue weighted by Crippen LogP contribution is -2.11. The van der Waals surface area contributed by atoms with Crippen molar-refractivity contribution in [3.8, 4) is 0 Å². The van der Waals surface area contributed by atoms with Crippen LogP contribution in [-0.2, 0) is 11.8 Å². The average Bonchev–Trinajstić information content (AvgIpc) is 2.33. The Morgan fingerprint density at radius 2 is 2.45 bits per heavy atom. The van der Waals surface area contributed by atoms with Crippen LogP contribution in [0.4, 0.5) is 0 Å². The van der Waals surface area contributed by atoms with Crippen LogP contribution >= 0.6 is 0 Å². The van der Waals surface area contributed by atoms with Gasteiger partial charge in [0.05, 0.1) is 11.6 Å². The lowest BCUT2D eigenvalue weighted by molar-refractivity contribution is -0.138. The van der Waals surface area contributed by atoms with Crippen molar-refractivity contribution in [2.75, 3.05) is 0 Å². The van der Waals surface area contributed by atoms with Crippen molar-refractivity contribution in [2.45, 2.75) is 12.8 Å². The van der Waals surface area contributed by atoms with Gasteiger partial charge in [-0.3, -0.25) is 9.48 Å². The van der Waals surface area contributed by atoms with Crippen LogP contribution in [0.25, 0.3) is 0 Å². The van der Waals surface area contributed by atoms with Gasteiger partial charge in [0.15, 0.2) is 0 Å². The average molecular weight is 154 g/mol. The van der Waals surface area contributed by atoms with Gasteiger partial charge < -0.3 is 5.11 Å². The van der Waals surface area contributed by atoms with Gasteiger partial charge in [0, 0.05) is 13.2 Å². The molecule has 0 aliphatic carbocycles. The topological polar surface area (TPSA) is 55.1 Å². The van der Waals surface area contributed by atoms with Crippen LogP contribution in [-0.4, -0.2) is 20.9 Å². The second-order valence-corrected chi connectivity index (χ2v) is 2.44. The maximum absolute atomic E-state index is 10.5. The summed E-state index contributed by atoms with van der Waals surface area (Å²) >= 11 is 0. The molecule has 1 N–H and O–H groups in total. The molecule has 0 saturated carbocycles. The fourth-order valence-corrected chi connectivity index (χ4v) is 0.935. The van der Waals surface area contributed by atoms with E-state index in [4.69, 9.17) is 5.11 Å². The Balaban J connectivity index is 2.92. The molecule has 1 aromatic rings. The van der Waals surface area contributed by atoms with Gasteiger partial charge in [0.25, 0.3) is 0 Å². The maximum atomic E-state index is 10.5. The summed E-state index contributed by atoms with van der Waals surface area (Å²) in [6.45, 7) is 1.64. The molecule has 1 rings (SSSR count). The predicted octanol–water partition coefficient (Wildman–Crippen LogP) is 0.608. The normalized spacial score (nSPS) is 12.9. The van der Waals surface area contributed by atoms with Gasteiger partial charge in [-0.25, -0.2) is 0 Å². The molecule has 0 bridgehead atoms. The molecule has 0 fully saturated rings. The molecular formula is C7H10N2O2. The zero-order valence-electron chi connectivity index (χ0n) is 6.48. The first-order chi connectivity index (χ1) is 5.13. The first-order valence-corrected chi connectivity index (χ1v) is 3.33.